The monoisotopic (exact) mass is 616 g/mol. The Hall–Kier alpha value is -5.92. The van der Waals surface area contributed by atoms with Crippen LogP contribution in [0.15, 0.2) is 145 Å². The number of hydrogen-bond acceptors (Lipinski definition) is 10. The number of imide groups is 2. The van der Waals surface area contributed by atoms with Crippen LogP contribution in [0.5, 0.6) is 0 Å². The highest BCUT2D eigenvalue weighted by molar-refractivity contribution is 6.16. The van der Waals surface area contributed by atoms with Gasteiger partial charge >= 0.3 is 0 Å². The molecule has 10 N–H and O–H groups in total. The van der Waals surface area contributed by atoms with E-state index in [1.165, 1.54) is 0 Å². The average Bonchev–Trinajstić information content (AvgIpc) is 3.60. The molecule has 0 aliphatic carbocycles. The van der Waals surface area contributed by atoms with E-state index in [1.54, 1.807) is 0 Å². The van der Waals surface area contributed by atoms with Gasteiger partial charge in [-0.05, 0) is 22.3 Å². The van der Waals surface area contributed by atoms with Crippen LogP contribution in [0, 0.1) is 0 Å². The summed E-state index contributed by atoms with van der Waals surface area (Å²) >= 11 is 0. The van der Waals surface area contributed by atoms with Crippen molar-refractivity contribution in [1.29, 1.82) is 0 Å². The first-order valence-corrected chi connectivity index (χ1v) is 14.2. The first kappa shape index (κ1) is 31.5. The van der Waals surface area contributed by atoms with Gasteiger partial charge in [0.2, 0.25) is 0 Å². The summed E-state index contributed by atoms with van der Waals surface area (Å²) < 4.78 is 0. The molecule has 2 aliphatic rings. The summed E-state index contributed by atoms with van der Waals surface area (Å²) in [6.07, 6.45) is 2.27. The summed E-state index contributed by atoms with van der Waals surface area (Å²) in [5.41, 5.74) is 25.1. The maximum absolute atomic E-state index is 12.0. The summed E-state index contributed by atoms with van der Waals surface area (Å²) in [5.74, 6) is -2.22. The van der Waals surface area contributed by atoms with Crippen LogP contribution in [0.25, 0.3) is 0 Å². The average molecular weight is 617 g/mol. The van der Waals surface area contributed by atoms with Crippen molar-refractivity contribution in [3.05, 3.63) is 167 Å². The zero-order chi connectivity index (χ0) is 32.6. The van der Waals surface area contributed by atoms with Crippen molar-refractivity contribution < 1.29 is 19.2 Å². The van der Waals surface area contributed by atoms with Crippen molar-refractivity contribution >= 4 is 23.6 Å². The molecule has 6 rings (SSSR count). The highest BCUT2D eigenvalue weighted by Crippen LogP contribution is 2.27. The number of carbonyl (C=O) groups is 4. The van der Waals surface area contributed by atoms with Gasteiger partial charge < -0.3 is 22.3 Å². The second kappa shape index (κ2) is 13.8. The molecule has 0 bridgehead atoms. The summed E-state index contributed by atoms with van der Waals surface area (Å²) in [4.78, 5) is 47.0. The minimum absolute atomic E-state index is 0.0241. The smallest absolute Gasteiger partial charge is 0.275 e. The molecule has 46 heavy (non-hydrogen) atoms. The fraction of sp³-hybridized carbons (Fsp3) is 0.0588. The Morgan fingerprint density at radius 3 is 1.04 bits per heavy atom. The molecule has 0 saturated heterocycles. The van der Waals surface area contributed by atoms with Gasteiger partial charge in [-0.3, -0.25) is 29.8 Å². The van der Waals surface area contributed by atoms with Crippen LogP contribution < -0.4 is 43.8 Å². The van der Waals surface area contributed by atoms with E-state index in [0.29, 0.717) is 11.1 Å². The highest BCUT2D eigenvalue weighted by atomic mass is 16.2. The minimum Gasteiger partial charge on any atom is -0.314 e. The minimum atomic E-state index is -1.23. The number of benzene rings is 4. The lowest BCUT2D eigenvalue weighted by molar-refractivity contribution is -0.125. The molecule has 4 aromatic rings. The molecular formula is C34H32N8O4. The Labute approximate surface area is 264 Å². The van der Waals surface area contributed by atoms with Crippen molar-refractivity contribution in [2.24, 2.45) is 11.5 Å². The third-order valence-electron chi connectivity index (χ3n) is 7.20. The zero-order valence-corrected chi connectivity index (χ0v) is 24.5. The molecule has 0 radical (unpaired) electrons. The van der Waals surface area contributed by atoms with E-state index in [1.807, 2.05) is 121 Å². The lowest BCUT2D eigenvalue weighted by Crippen LogP contribution is -2.63. The summed E-state index contributed by atoms with van der Waals surface area (Å²) in [5, 5.41) is 4.32. The second-order valence-corrected chi connectivity index (χ2v) is 10.3. The van der Waals surface area contributed by atoms with Crippen LogP contribution in [-0.2, 0) is 30.5 Å². The Morgan fingerprint density at radius 2 is 0.761 bits per heavy atom. The SMILES string of the molecule is NC(N)(c1ccccc1)c1ccccc1.O=C1C=C(NNC(NNC2=CC(=O)NC2=O)(c2ccccc2)c2ccccc2)C(=O)N1. The summed E-state index contributed by atoms with van der Waals surface area (Å²) in [6, 6.07) is 37.7. The molecule has 0 aromatic heterocycles. The first-order chi connectivity index (χ1) is 22.2. The molecule has 2 heterocycles. The quantitative estimate of drug-likeness (QED) is 0.0723. The van der Waals surface area contributed by atoms with Gasteiger partial charge in [-0.2, -0.15) is 0 Å². The van der Waals surface area contributed by atoms with Crippen LogP contribution in [0.2, 0.25) is 0 Å². The zero-order valence-electron chi connectivity index (χ0n) is 24.5. The molecule has 0 spiro atoms. The van der Waals surface area contributed by atoms with Crippen molar-refractivity contribution in [2.75, 3.05) is 0 Å². The van der Waals surface area contributed by atoms with Crippen LogP contribution in [0.4, 0.5) is 0 Å². The topological polar surface area (TPSA) is 192 Å². The van der Waals surface area contributed by atoms with E-state index in [0.717, 1.165) is 23.3 Å². The fourth-order valence-corrected chi connectivity index (χ4v) is 4.79. The number of rotatable bonds is 10. The molecule has 4 aromatic carbocycles. The Kier molecular flexibility index (Phi) is 9.45. The van der Waals surface area contributed by atoms with Gasteiger partial charge in [0.1, 0.15) is 17.1 Å². The van der Waals surface area contributed by atoms with Crippen molar-refractivity contribution in [3.8, 4) is 0 Å². The van der Waals surface area contributed by atoms with Crippen molar-refractivity contribution in [1.82, 2.24) is 32.3 Å². The predicted octanol–water partition coefficient (Wildman–Crippen LogP) is 0.962. The molecule has 2 aliphatic heterocycles. The van der Waals surface area contributed by atoms with Crippen LogP contribution >= 0.6 is 0 Å². The third-order valence-corrected chi connectivity index (χ3v) is 7.20. The molecule has 232 valence electrons. The largest absolute Gasteiger partial charge is 0.314 e. The second-order valence-electron chi connectivity index (χ2n) is 10.3. The third kappa shape index (κ3) is 7.07. The molecule has 4 amide bonds. The molecule has 0 fully saturated rings. The number of nitrogens with two attached hydrogens (primary N) is 2. The van der Waals surface area contributed by atoms with Crippen molar-refractivity contribution in [2.45, 2.75) is 11.3 Å². The Bertz CT molecular complexity index is 1650. The normalized spacial score (nSPS) is 14.4. The summed E-state index contributed by atoms with van der Waals surface area (Å²) in [7, 11) is 0. The summed E-state index contributed by atoms with van der Waals surface area (Å²) in [6.45, 7) is 0. The van der Waals surface area contributed by atoms with E-state index >= 15 is 0 Å². The fourth-order valence-electron chi connectivity index (χ4n) is 4.79. The lowest BCUT2D eigenvalue weighted by atomic mass is 9.92. The van der Waals surface area contributed by atoms with E-state index in [4.69, 9.17) is 11.5 Å². The number of amides is 4. The van der Waals surface area contributed by atoms with Gasteiger partial charge in [0.15, 0.2) is 5.66 Å². The standard InChI is InChI=1S/C21H18N6O4.C13H14N2/c28-17-11-15(19(30)22-17)24-26-21(13-7-3-1-4-8-13,14-9-5-2-6-10-14)27-25-16-12-18(29)23-20(16)31;14-13(15,11-7-3-1-4-8-11)12-9-5-2-6-10-12/h1-12,26-27H,(H2,22,24,28,30)(H2,23,25,29,31);1-10H,14-15H2. The van der Waals surface area contributed by atoms with E-state index in [9.17, 15) is 19.2 Å². The van der Waals surface area contributed by atoms with Crippen LogP contribution in [0.1, 0.15) is 22.3 Å². The van der Waals surface area contributed by atoms with E-state index < -0.39 is 35.0 Å². The maximum atomic E-state index is 12.0. The Morgan fingerprint density at radius 1 is 0.457 bits per heavy atom. The van der Waals surface area contributed by atoms with Crippen molar-refractivity contribution in [3.63, 3.8) is 0 Å². The van der Waals surface area contributed by atoms with Gasteiger partial charge in [0, 0.05) is 12.2 Å². The van der Waals surface area contributed by atoms with Gasteiger partial charge in [-0.25, -0.2) is 10.9 Å². The number of nitrogens with one attached hydrogen (secondary N) is 6. The van der Waals surface area contributed by atoms with E-state index in [-0.39, 0.29) is 11.4 Å². The van der Waals surface area contributed by atoms with Gasteiger partial charge in [-0.15, -0.1) is 0 Å². The van der Waals surface area contributed by atoms with Crippen LogP contribution in [0.3, 0.4) is 0 Å². The molecule has 0 unspecified atom stereocenters. The number of carbonyl (C=O) groups excluding carboxylic acids is 4. The number of hydrogen-bond donors (Lipinski definition) is 8. The molecule has 0 saturated carbocycles. The van der Waals surface area contributed by atoms with Gasteiger partial charge in [0.05, 0.1) is 0 Å². The van der Waals surface area contributed by atoms with Gasteiger partial charge in [0.25, 0.3) is 23.6 Å². The molecule has 12 heteroatoms. The number of hydrazine groups is 2. The highest BCUT2D eigenvalue weighted by Gasteiger charge is 2.36. The maximum Gasteiger partial charge on any atom is 0.275 e. The first-order valence-electron chi connectivity index (χ1n) is 14.2. The van der Waals surface area contributed by atoms with E-state index in [2.05, 4.69) is 32.3 Å². The molecule has 12 nitrogen and oxygen atoms in total. The van der Waals surface area contributed by atoms with Crippen LogP contribution in [-0.4, -0.2) is 23.6 Å². The lowest BCUT2D eigenvalue weighted by Gasteiger charge is -2.37. The molecular weight excluding hydrogens is 584 g/mol. The Balaban J connectivity index is 0.000000232. The van der Waals surface area contributed by atoms with Gasteiger partial charge in [-0.1, -0.05) is 121 Å². The predicted molar refractivity (Wildman–Crippen MR) is 171 cm³/mol. The molecule has 0 atom stereocenters.